The van der Waals surface area contributed by atoms with E-state index in [1.54, 1.807) is 24.1 Å². The van der Waals surface area contributed by atoms with E-state index in [1.807, 2.05) is 0 Å². The summed E-state index contributed by atoms with van der Waals surface area (Å²) in [4.78, 5) is 16.2. The maximum Gasteiger partial charge on any atom is 0.166 e. The van der Waals surface area contributed by atoms with Crippen LogP contribution in [-0.2, 0) is 6.54 Å². The summed E-state index contributed by atoms with van der Waals surface area (Å²) in [6, 6.07) is 8.01. The Morgan fingerprint density at radius 3 is 2.56 bits per heavy atom. The Morgan fingerprint density at radius 2 is 1.84 bits per heavy atom. The number of unbranched alkanes of at least 4 members (excludes halogenated alkanes) is 1. The average molecular weight is 459 g/mol. The summed E-state index contributed by atoms with van der Waals surface area (Å²) in [7, 11) is 2.06. The molecule has 1 fully saturated rings. The fourth-order valence-electron chi connectivity index (χ4n) is 4.60. The van der Waals surface area contributed by atoms with Crippen LogP contribution in [0.3, 0.4) is 0 Å². The van der Waals surface area contributed by atoms with Crippen molar-refractivity contribution < 1.29 is 14.4 Å². The summed E-state index contributed by atoms with van der Waals surface area (Å²) in [6.45, 7) is 4.65. The van der Waals surface area contributed by atoms with Crippen LogP contribution < -0.4 is 0 Å². The molecular formula is C24H31FN4O2S. The van der Waals surface area contributed by atoms with Crippen molar-refractivity contribution in [3.05, 3.63) is 53.6 Å². The third-order valence-corrected chi connectivity index (χ3v) is 7.47. The number of hydrogen-bond acceptors (Lipinski definition) is 6. The van der Waals surface area contributed by atoms with Crippen LogP contribution in [0.2, 0.25) is 0 Å². The van der Waals surface area contributed by atoms with Gasteiger partial charge in [-0.25, -0.2) is 8.70 Å². The molecule has 4 rings (SSSR count). The second-order valence-corrected chi connectivity index (χ2v) is 9.90. The van der Waals surface area contributed by atoms with Crippen LogP contribution in [0.1, 0.15) is 48.2 Å². The van der Waals surface area contributed by atoms with E-state index in [1.165, 1.54) is 12.1 Å². The number of Topliss-reactive ketones (excluding diaryl/α,β-unsaturated/α-hetero) is 1. The van der Waals surface area contributed by atoms with Crippen LogP contribution >= 0.6 is 11.9 Å². The average Bonchev–Trinajstić information content (AvgIpc) is 3.11. The molecule has 1 N–H and O–H groups in total. The number of ketones is 1. The lowest BCUT2D eigenvalue weighted by atomic mass is 9.89. The number of halogens is 1. The quantitative estimate of drug-likeness (QED) is 0.217. The zero-order chi connectivity index (χ0) is 22.5. The Balaban J connectivity index is 1.22. The van der Waals surface area contributed by atoms with Gasteiger partial charge in [-0.15, -0.1) is 0 Å². The van der Waals surface area contributed by atoms with Crippen LogP contribution in [0.15, 0.2) is 46.6 Å². The number of benzene rings is 1. The Hall–Kier alpha value is -2.16. The van der Waals surface area contributed by atoms with E-state index in [2.05, 4.69) is 38.2 Å². The number of aromatic nitrogens is 1. The lowest BCUT2D eigenvalue weighted by Gasteiger charge is -2.31. The SMILES string of the molecule is CN1CC/C(=N\O)c2c(ccn2CCCCN2CCC(C(=O)c3ccc(F)cc3)CC2)S1. The summed E-state index contributed by atoms with van der Waals surface area (Å²) < 4.78 is 17.5. The highest BCUT2D eigenvalue weighted by Crippen LogP contribution is 2.31. The molecule has 1 saturated heterocycles. The van der Waals surface area contributed by atoms with Crippen molar-refractivity contribution in [1.82, 2.24) is 13.8 Å². The Morgan fingerprint density at radius 1 is 1.12 bits per heavy atom. The largest absolute Gasteiger partial charge is 0.411 e. The molecule has 8 heteroatoms. The van der Waals surface area contributed by atoms with Gasteiger partial charge in [0.25, 0.3) is 0 Å². The summed E-state index contributed by atoms with van der Waals surface area (Å²) in [5.41, 5.74) is 2.42. The van der Waals surface area contributed by atoms with Crippen molar-refractivity contribution in [2.45, 2.75) is 43.5 Å². The number of oxime groups is 1. The lowest BCUT2D eigenvalue weighted by molar-refractivity contribution is 0.0838. The topological polar surface area (TPSA) is 61.1 Å². The van der Waals surface area contributed by atoms with Crippen LogP contribution in [0.4, 0.5) is 4.39 Å². The fraction of sp³-hybridized carbons (Fsp3) is 0.500. The molecule has 0 saturated carbocycles. The zero-order valence-electron chi connectivity index (χ0n) is 18.5. The third kappa shape index (κ3) is 5.42. The van der Waals surface area contributed by atoms with Crippen LogP contribution in [0, 0.1) is 11.7 Å². The molecule has 1 aromatic heterocycles. The summed E-state index contributed by atoms with van der Waals surface area (Å²) >= 11 is 1.70. The van der Waals surface area contributed by atoms with Crippen molar-refractivity contribution in [3.8, 4) is 0 Å². The minimum atomic E-state index is -0.307. The number of nitrogens with zero attached hydrogens (tertiary/aromatic N) is 4. The van der Waals surface area contributed by atoms with E-state index in [9.17, 15) is 14.4 Å². The van der Waals surface area contributed by atoms with Crippen molar-refractivity contribution in [2.75, 3.05) is 33.2 Å². The first-order chi connectivity index (χ1) is 15.5. The molecule has 3 heterocycles. The normalized spacial score (nSPS) is 19.8. The molecule has 2 aromatic rings. The second kappa shape index (κ2) is 10.6. The molecule has 0 radical (unpaired) electrons. The van der Waals surface area contributed by atoms with Crippen molar-refractivity contribution in [1.29, 1.82) is 0 Å². The van der Waals surface area contributed by atoms with Gasteiger partial charge in [0.15, 0.2) is 5.78 Å². The number of aryl methyl sites for hydroxylation is 1. The number of carbonyl (C=O) groups excluding carboxylic acids is 1. The van der Waals surface area contributed by atoms with Crippen molar-refractivity contribution in [3.63, 3.8) is 0 Å². The standard InChI is InChI=1S/C24H31FN4O2S/c1-27-14-10-21(26-31)23-22(32-27)11-17-29(23)13-3-2-12-28-15-8-19(9-16-28)24(30)18-4-6-20(25)7-5-18/h4-7,11,17,19,31H,2-3,8-10,12-16H2,1H3/b26-21+. The third-order valence-electron chi connectivity index (χ3n) is 6.45. The van der Waals surface area contributed by atoms with Gasteiger partial charge in [0, 0.05) is 37.2 Å². The van der Waals surface area contributed by atoms with Gasteiger partial charge >= 0.3 is 0 Å². The predicted molar refractivity (Wildman–Crippen MR) is 125 cm³/mol. The molecule has 172 valence electrons. The van der Waals surface area contributed by atoms with Crippen LogP contribution in [-0.4, -0.2) is 63.7 Å². The summed E-state index contributed by atoms with van der Waals surface area (Å²) in [5.74, 6) is -0.125. The monoisotopic (exact) mass is 458 g/mol. The highest BCUT2D eigenvalue weighted by Gasteiger charge is 2.26. The molecular weight excluding hydrogens is 427 g/mol. The van der Waals surface area contributed by atoms with Gasteiger partial charge in [0.2, 0.25) is 0 Å². The molecule has 0 bridgehead atoms. The zero-order valence-corrected chi connectivity index (χ0v) is 19.4. The summed E-state index contributed by atoms with van der Waals surface area (Å²) in [6.07, 6.45) is 6.69. The molecule has 2 aliphatic rings. The first kappa shape index (κ1) is 23.0. The van der Waals surface area contributed by atoms with Gasteiger partial charge < -0.3 is 14.7 Å². The van der Waals surface area contributed by atoms with E-state index >= 15 is 0 Å². The smallest absolute Gasteiger partial charge is 0.166 e. The highest BCUT2D eigenvalue weighted by atomic mass is 32.2. The van der Waals surface area contributed by atoms with Gasteiger partial charge in [0.1, 0.15) is 11.5 Å². The first-order valence-corrected chi connectivity index (χ1v) is 12.1. The molecule has 32 heavy (non-hydrogen) atoms. The maximum atomic E-state index is 13.1. The van der Waals surface area contributed by atoms with Crippen molar-refractivity contribution in [2.24, 2.45) is 11.1 Å². The maximum absolute atomic E-state index is 13.1. The van der Waals surface area contributed by atoms with Gasteiger partial charge in [-0.3, -0.25) is 4.79 Å². The summed E-state index contributed by atoms with van der Waals surface area (Å²) in [5, 5.41) is 13.0. The number of rotatable bonds is 7. The van der Waals surface area contributed by atoms with Gasteiger partial charge in [-0.05, 0) is 94.6 Å². The lowest BCUT2D eigenvalue weighted by Crippen LogP contribution is -2.37. The van der Waals surface area contributed by atoms with E-state index in [0.717, 1.165) is 81.1 Å². The molecule has 0 amide bonds. The van der Waals surface area contributed by atoms with Crippen LogP contribution in [0.5, 0.6) is 0 Å². The molecule has 0 aliphatic carbocycles. The second-order valence-electron chi connectivity index (χ2n) is 8.66. The Kier molecular flexibility index (Phi) is 7.65. The Labute approximate surface area is 193 Å². The van der Waals surface area contributed by atoms with E-state index < -0.39 is 0 Å². The van der Waals surface area contributed by atoms with E-state index in [4.69, 9.17) is 0 Å². The molecule has 0 atom stereocenters. The number of hydrogen-bond donors (Lipinski definition) is 1. The Bertz CT molecular complexity index is 951. The first-order valence-electron chi connectivity index (χ1n) is 11.4. The van der Waals surface area contributed by atoms with Gasteiger partial charge in [-0.2, -0.15) is 0 Å². The van der Waals surface area contributed by atoms with Crippen molar-refractivity contribution >= 4 is 23.4 Å². The van der Waals surface area contributed by atoms with E-state index in [0.29, 0.717) is 5.56 Å². The van der Waals surface area contributed by atoms with Gasteiger partial charge in [0.05, 0.1) is 10.6 Å². The van der Waals surface area contributed by atoms with Crippen LogP contribution in [0.25, 0.3) is 0 Å². The number of carbonyl (C=O) groups is 1. The molecule has 0 unspecified atom stereocenters. The molecule has 6 nitrogen and oxygen atoms in total. The minimum Gasteiger partial charge on any atom is -0.411 e. The highest BCUT2D eigenvalue weighted by molar-refractivity contribution is 7.97. The molecule has 2 aliphatic heterocycles. The fourth-order valence-corrected chi connectivity index (χ4v) is 5.56. The molecule has 1 aromatic carbocycles. The number of piperidine rings is 1. The predicted octanol–water partition coefficient (Wildman–Crippen LogP) is 4.52. The molecule has 0 spiro atoms. The number of likely N-dealkylation sites (tertiary alicyclic amines) is 1. The van der Waals surface area contributed by atoms with Gasteiger partial charge in [-0.1, -0.05) is 5.16 Å². The number of fused-ring (bicyclic) bond motifs is 1. The van der Waals surface area contributed by atoms with E-state index in [-0.39, 0.29) is 17.5 Å². The minimum absolute atomic E-state index is 0.0406.